The Morgan fingerprint density at radius 2 is 1.61 bits per heavy atom. The Morgan fingerprint density at radius 3 is 2.23 bits per heavy atom. The summed E-state index contributed by atoms with van der Waals surface area (Å²) in [4.78, 5) is 24.2. The van der Waals surface area contributed by atoms with Gasteiger partial charge in [0.05, 0.1) is 11.5 Å². The van der Waals surface area contributed by atoms with E-state index in [9.17, 15) is 18.0 Å². The molecule has 1 fully saturated rings. The molecule has 1 aliphatic heterocycles. The fourth-order valence-electron chi connectivity index (χ4n) is 3.64. The average molecular weight is 446 g/mol. The van der Waals surface area contributed by atoms with E-state index in [-0.39, 0.29) is 36.7 Å². The number of carbonyl (C=O) groups excluding carboxylic acids is 2. The van der Waals surface area contributed by atoms with Crippen molar-refractivity contribution in [3.63, 3.8) is 0 Å². The number of ketones is 1. The number of hydrogen-bond donors (Lipinski definition) is 1. The lowest BCUT2D eigenvalue weighted by Crippen LogP contribution is -2.53. The van der Waals surface area contributed by atoms with Crippen LogP contribution in [-0.2, 0) is 19.4 Å². The zero-order valence-electron chi connectivity index (χ0n) is 17.3. The first-order valence-electron chi connectivity index (χ1n) is 10.3. The Balaban J connectivity index is 1.53. The fourth-order valence-corrected chi connectivity index (χ4v) is 5.55. The molecule has 1 saturated heterocycles. The molecule has 2 N–H and O–H groups in total. The van der Waals surface area contributed by atoms with Gasteiger partial charge in [0.15, 0.2) is 20.4 Å². The molecule has 3 rings (SSSR count). The Morgan fingerprint density at radius 1 is 0.968 bits per heavy atom. The van der Waals surface area contributed by atoms with Crippen molar-refractivity contribution in [3.8, 4) is 5.75 Å². The Labute approximate surface area is 182 Å². The van der Waals surface area contributed by atoms with Gasteiger partial charge >= 0.3 is 0 Å². The summed E-state index contributed by atoms with van der Waals surface area (Å²) in [7, 11) is -3.95. The van der Waals surface area contributed by atoms with Gasteiger partial charge in [-0.05, 0) is 49.9 Å². The van der Waals surface area contributed by atoms with Gasteiger partial charge in [-0.3, -0.25) is 9.59 Å². The van der Waals surface area contributed by atoms with E-state index in [1.165, 1.54) is 12.1 Å². The highest BCUT2D eigenvalue weighted by Gasteiger charge is 2.51. The second-order valence-corrected chi connectivity index (χ2v) is 9.80. The Hall–Kier alpha value is -2.71. The predicted octanol–water partition coefficient (Wildman–Crippen LogP) is 2.93. The second-order valence-electron chi connectivity index (χ2n) is 7.54. The monoisotopic (exact) mass is 445 g/mol. The summed E-state index contributed by atoms with van der Waals surface area (Å²) < 4.78 is 35.5. The molecule has 0 saturated carbocycles. The van der Waals surface area contributed by atoms with Crippen LogP contribution in [0.25, 0.3) is 0 Å². The van der Waals surface area contributed by atoms with Crippen molar-refractivity contribution in [3.05, 3.63) is 60.2 Å². The van der Waals surface area contributed by atoms with Crippen LogP contribution in [0.1, 0.15) is 42.5 Å². The molecule has 166 valence electrons. The van der Waals surface area contributed by atoms with Gasteiger partial charge in [-0.1, -0.05) is 30.3 Å². The van der Waals surface area contributed by atoms with Crippen LogP contribution >= 0.6 is 0 Å². The van der Waals surface area contributed by atoms with Gasteiger partial charge in [-0.2, -0.15) is 0 Å². The molecule has 8 heteroatoms. The minimum atomic E-state index is -3.95. The lowest BCUT2D eigenvalue weighted by atomic mass is 9.98. The van der Waals surface area contributed by atoms with Gasteiger partial charge in [0.25, 0.3) is 0 Å². The number of rotatable bonds is 10. The Bertz CT molecular complexity index is 996. The molecule has 0 spiro atoms. The van der Waals surface area contributed by atoms with E-state index in [2.05, 4.69) is 0 Å². The fraction of sp³-hybridized carbons (Fsp3) is 0.391. The lowest BCUT2D eigenvalue weighted by Gasteiger charge is -2.33. The smallest absolute Gasteiger partial charge is 0.239 e. The van der Waals surface area contributed by atoms with E-state index >= 15 is 0 Å². The average Bonchev–Trinajstić information content (AvgIpc) is 2.80. The quantitative estimate of drug-likeness (QED) is 0.444. The zero-order valence-corrected chi connectivity index (χ0v) is 18.1. The summed E-state index contributed by atoms with van der Waals surface area (Å²) >= 11 is 0. The zero-order chi connectivity index (χ0) is 22.3. The molecular weight excluding hydrogens is 418 g/mol. The minimum absolute atomic E-state index is 0.0361. The summed E-state index contributed by atoms with van der Waals surface area (Å²) in [5, 5.41) is 0. The molecule has 0 atom stereocenters. The van der Waals surface area contributed by atoms with Crippen LogP contribution in [0.3, 0.4) is 0 Å². The molecule has 0 aliphatic carbocycles. The van der Waals surface area contributed by atoms with Crippen molar-refractivity contribution in [2.45, 2.75) is 41.7 Å². The van der Waals surface area contributed by atoms with Crippen molar-refractivity contribution >= 4 is 21.5 Å². The number of nitrogens with two attached hydrogens (primary N) is 1. The number of primary amides is 1. The standard InChI is InChI=1S/C23H27NO6S/c24-22(26)23(13-16-29-17-14-23)31(27,28)20-11-9-19(10-12-20)30-15-5-4-8-21(25)18-6-2-1-3-7-18/h1-3,6-7,9-12H,4-5,8,13-17H2,(H2,24,26). The molecule has 1 aliphatic rings. The first-order chi connectivity index (χ1) is 14.9. The minimum Gasteiger partial charge on any atom is -0.494 e. The third-order valence-corrected chi connectivity index (χ3v) is 8.09. The predicted molar refractivity (Wildman–Crippen MR) is 116 cm³/mol. The summed E-state index contributed by atoms with van der Waals surface area (Å²) in [5.41, 5.74) is 6.19. The molecule has 2 aromatic carbocycles. The van der Waals surface area contributed by atoms with E-state index in [1.807, 2.05) is 18.2 Å². The normalized spacial score (nSPS) is 15.9. The molecular formula is C23H27NO6S. The first-order valence-corrected chi connectivity index (χ1v) is 11.8. The summed E-state index contributed by atoms with van der Waals surface area (Å²) in [6, 6.07) is 15.2. The van der Waals surface area contributed by atoms with E-state index in [0.717, 1.165) is 0 Å². The number of benzene rings is 2. The van der Waals surface area contributed by atoms with Gasteiger partial charge in [0, 0.05) is 25.2 Å². The second kappa shape index (κ2) is 10.1. The SMILES string of the molecule is NC(=O)C1(S(=O)(=O)c2ccc(OCCCCC(=O)c3ccccc3)cc2)CCOCC1. The summed E-state index contributed by atoms with van der Waals surface area (Å²) in [6.45, 7) is 0.767. The molecule has 1 amide bonds. The Kier molecular flexibility index (Phi) is 7.46. The maximum absolute atomic E-state index is 13.1. The van der Waals surface area contributed by atoms with Gasteiger partial charge in [-0.25, -0.2) is 8.42 Å². The molecule has 2 aromatic rings. The number of ether oxygens (including phenoxy) is 2. The van der Waals surface area contributed by atoms with Crippen molar-refractivity contribution in [2.24, 2.45) is 5.73 Å². The number of unbranched alkanes of at least 4 members (excludes halogenated alkanes) is 1. The van der Waals surface area contributed by atoms with Crippen molar-refractivity contribution in [1.29, 1.82) is 0 Å². The van der Waals surface area contributed by atoms with Crippen LogP contribution in [-0.4, -0.2) is 44.7 Å². The van der Waals surface area contributed by atoms with Crippen molar-refractivity contribution in [1.82, 2.24) is 0 Å². The maximum atomic E-state index is 13.1. The highest BCUT2D eigenvalue weighted by atomic mass is 32.2. The topological polar surface area (TPSA) is 113 Å². The number of Topliss-reactive ketones (excluding diaryl/α,β-unsaturated/α-hetero) is 1. The van der Waals surface area contributed by atoms with Crippen LogP contribution in [0.5, 0.6) is 5.75 Å². The van der Waals surface area contributed by atoms with Crippen molar-refractivity contribution < 1.29 is 27.5 Å². The first kappa shape index (κ1) is 23.0. The van der Waals surface area contributed by atoms with Gasteiger partial charge in [-0.15, -0.1) is 0 Å². The molecule has 31 heavy (non-hydrogen) atoms. The highest BCUT2D eigenvalue weighted by Crippen LogP contribution is 2.35. The highest BCUT2D eigenvalue weighted by molar-refractivity contribution is 7.93. The van der Waals surface area contributed by atoms with Crippen LogP contribution < -0.4 is 10.5 Å². The van der Waals surface area contributed by atoms with E-state index in [1.54, 1.807) is 24.3 Å². The van der Waals surface area contributed by atoms with Crippen LogP contribution in [0.15, 0.2) is 59.5 Å². The maximum Gasteiger partial charge on any atom is 0.239 e. The van der Waals surface area contributed by atoms with Gasteiger partial charge in [0.1, 0.15) is 5.75 Å². The van der Waals surface area contributed by atoms with E-state index in [4.69, 9.17) is 15.2 Å². The third-order valence-electron chi connectivity index (χ3n) is 5.56. The lowest BCUT2D eigenvalue weighted by molar-refractivity contribution is -0.122. The third kappa shape index (κ3) is 5.14. The summed E-state index contributed by atoms with van der Waals surface area (Å²) in [6.07, 6.45) is 1.94. The molecule has 1 heterocycles. The molecule has 0 aromatic heterocycles. The van der Waals surface area contributed by atoms with Crippen LogP contribution in [0, 0.1) is 0 Å². The number of amides is 1. The van der Waals surface area contributed by atoms with Gasteiger partial charge < -0.3 is 15.2 Å². The van der Waals surface area contributed by atoms with Crippen LogP contribution in [0.2, 0.25) is 0 Å². The molecule has 7 nitrogen and oxygen atoms in total. The number of hydrogen-bond acceptors (Lipinski definition) is 6. The molecule has 0 unspecified atom stereocenters. The molecule has 0 radical (unpaired) electrons. The van der Waals surface area contributed by atoms with Crippen LogP contribution in [0.4, 0.5) is 0 Å². The number of sulfone groups is 1. The largest absolute Gasteiger partial charge is 0.494 e. The molecule has 0 bridgehead atoms. The number of carbonyl (C=O) groups is 2. The van der Waals surface area contributed by atoms with Gasteiger partial charge in [0.2, 0.25) is 5.91 Å². The van der Waals surface area contributed by atoms with E-state index in [0.29, 0.717) is 37.2 Å². The van der Waals surface area contributed by atoms with E-state index < -0.39 is 20.5 Å². The summed E-state index contributed by atoms with van der Waals surface area (Å²) in [5.74, 6) is -0.221. The van der Waals surface area contributed by atoms with Crippen molar-refractivity contribution in [2.75, 3.05) is 19.8 Å².